The molecule has 2 N–H and O–H groups in total. The summed E-state index contributed by atoms with van der Waals surface area (Å²) in [5.74, 6) is 0.975. The summed E-state index contributed by atoms with van der Waals surface area (Å²) in [5.41, 5.74) is 1.18. The monoisotopic (exact) mass is 453 g/mol. The van der Waals surface area contributed by atoms with Gasteiger partial charge in [-0.15, -0.1) is 21.5 Å². The fourth-order valence-corrected chi connectivity index (χ4v) is 4.88. The average Bonchev–Trinajstić information content (AvgIpc) is 3.68. The first-order valence-electron chi connectivity index (χ1n) is 10.5. The van der Waals surface area contributed by atoms with E-state index in [1.807, 2.05) is 6.07 Å². The molecule has 2 heterocycles. The Kier molecular flexibility index (Phi) is 5.78. The SMILES string of the molecule is O=C(CSc1nnc(Cc2cccs2)n1C1CC1)Nc1cccc(C(=O)NC2CC2)c1. The number of amides is 2. The van der Waals surface area contributed by atoms with Crippen LogP contribution in [0.3, 0.4) is 0 Å². The lowest BCUT2D eigenvalue weighted by molar-refractivity contribution is -0.113. The van der Waals surface area contributed by atoms with E-state index >= 15 is 0 Å². The molecule has 0 aliphatic heterocycles. The van der Waals surface area contributed by atoms with Crippen molar-refractivity contribution >= 4 is 40.6 Å². The summed E-state index contributed by atoms with van der Waals surface area (Å²) in [5, 5.41) is 17.5. The molecule has 0 saturated heterocycles. The third-order valence-corrected chi connectivity index (χ3v) is 7.03. The van der Waals surface area contributed by atoms with Gasteiger partial charge in [-0.1, -0.05) is 23.9 Å². The van der Waals surface area contributed by atoms with Gasteiger partial charge in [0.2, 0.25) is 5.91 Å². The fraction of sp³-hybridized carbons (Fsp3) is 0.364. The molecule has 2 amide bonds. The Balaban J connectivity index is 1.20. The summed E-state index contributed by atoms with van der Waals surface area (Å²) in [6, 6.07) is 11.9. The number of thiophene rings is 1. The largest absolute Gasteiger partial charge is 0.349 e. The maximum absolute atomic E-state index is 12.5. The van der Waals surface area contributed by atoms with Gasteiger partial charge in [-0.25, -0.2) is 0 Å². The van der Waals surface area contributed by atoms with Gasteiger partial charge in [-0.3, -0.25) is 9.59 Å². The fourth-order valence-electron chi connectivity index (χ4n) is 3.36. The van der Waals surface area contributed by atoms with Crippen molar-refractivity contribution in [1.82, 2.24) is 20.1 Å². The van der Waals surface area contributed by atoms with Crippen LogP contribution in [0.2, 0.25) is 0 Å². The zero-order valence-corrected chi connectivity index (χ0v) is 18.5. The molecule has 7 nitrogen and oxygen atoms in total. The van der Waals surface area contributed by atoms with Gasteiger partial charge < -0.3 is 15.2 Å². The molecule has 0 radical (unpaired) electrons. The quantitative estimate of drug-likeness (QED) is 0.480. The van der Waals surface area contributed by atoms with Crippen molar-refractivity contribution in [2.45, 2.75) is 49.3 Å². The van der Waals surface area contributed by atoms with Gasteiger partial charge in [0, 0.05) is 34.6 Å². The van der Waals surface area contributed by atoms with Crippen LogP contribution in [-0.4, -0.2) is 38.4 Å². The molecule has 0 spiro atoms. The van der Waals surface area contributed by atoms with E-state index in [2.05, 4.69) is 36.8 Å². The molecular weight excluding hydrogens is 430 g/mol. The lowest BCUT2D eigenvalue weighted by atomic mass is 10.2. The number of hydrogen-bond acceptors (Lipinski definition) is 6. The van der Waals surface area contributed by atoms with Gasteiger partial charge in [0.15, 0.2) is 5.16 Å². The van der Waals surface area contributed by atoms with Gasteiger partial charge in [-0.2, -0.15) is 0 Å². The van der Waals surface area contributed by atoms with E-state index in [1.165, 1.54) is 16.6 Å². The third kappa shape index (κ3) is 5.16. The summed E-state index contributed by atoms with van der Waals surface area (Å²) >= 11 is 3.12. The van der Waals surface area contributed by atoms with Crippen LogP contribution in [0.15, 0.2) is 46.9 Å². The number of thioether (sulfide) groups is 1. The van der Waals surface area contributed by atoms with E-state index in [9.17, 15) is 9.59 Å². The molecule has 0 atom stereocenters. The lowest BCUT2D eigenvalue weighted by Crippen LogP contribution is -2.25. The minimum absolute atomic E-state index is 0.0937. The Morgan fingerprint density at radius 2 is 2.00 bits per heavy atom. The number of carbonyl (C=O) groups excluding carboxylic acids is 2. The zero-order valence-electron chi connectivity index (χ0n) is 16.9. The predicted octanol–water partition coefficient (Wildman–Crippen LogP) is 3.89. The Morgan fingerprint density at radius 3 is 2.74 bits per heavy atom. The molecule has 2 aromatic heterocycles. The molecule has 2 fully saturated rings. The number of nitrogens with one attached hydrogen (secondary N) is 2. The lowest BCUT2D eigenvalue weighted by Gasteiger charge is -2.09. The highest BCUT2D eigenvalue weighted by molar-refractivity contribution is 7.99. The van der Waals surface area contributed by atoms with Crippen LogP contribution < -0.4 is 10.6 Å². The van der Waals surface area contributed by atoms with Gasteiger partial charge in [0.1, 0.15) is 5.82 Å². The van der Waals surface area contributed by atoms with Crippen molar-refractivity contribution in [3.8, 4) is 0 Å². The van der Waals surface area contributed by atoms with Crippen molar-refractivity contribution in [2.75, 3.05) is 11.1 Å². The normalized spacial score (nSPS) is 15.6. The second kappa shape index (κ2) is 8.84. The highest BCUT2D eigenvalue weighted by Crippen LogP contribution is 2.39. The highest BCUT2D eigenvalue weighted by atomic mass is 32.2. The second-order valence-electron chi connectivity index (χ2n) is 7.92. The number of anilines is 1. The van der Waals surface area contributed by atoms with E-state index in [1.54, 1.807) is 35.6 Å². The summed E-state index contributed by atoms with van der Waals surface area (Å²) in [6.45, 7) is 0. The maximum Gasteiger partial charge on any atom is 0.251 e. The van der Waals surface area contributed by atoms with Gasteiger partial charge in [0.25, 0.3) is 5.91 Å². The molecule has 2 saturated carbocycles. The van der Waals surface area contributed by atoms with Crippen molar-refractivity contribution in [3.05, 3.63) is 58.0 Å². The van der Waals surface area contributed by atoms with E-state index in [0.29, 0.717) is 23.3 Å². The van der Waals surface area contributed by atoms with E-state index in [-0.39, 0.29) is 17.6 Å². The molecule has 3 aromatic rings. The topological polar surface area (TPSA) is 88.9 Å². The van der Waals surface area contributed by atoms with Gasteiger partial charge >= 0.3 is 0 Å². The van der Waals surface area contributed by atoms with Crippen LogP contribution in [0.4, 0.5) is 5.69 Å². The average molecular weight is 454 g/mol. The number of aromatic nitrogens is 3. The maximum atomic E-state index is 12.5. The van der Waals surface area contributed by atoms with E-state index < -0.39 is 0 Å². The van der Waals surface area contributed by atoms with Crippen molar-refractivity contribution < 1.29 is 9.59 Å². The number of rotatable bonds is 9. The number of nitrogens with zero attached hydrogens (tertiary/aromatic N) is 3. The molecule has 1 aromatic carbocycles. The third-order valence-electron chi connectivity index (χ3n) is 5.21. The van der Waals surface area contributed by atoms with Gasteiger partial charge in [0.05, 0.1) is 5.75 Å². The molecule has 2 aliphatic carbocycles. The Morgan fingerprint density at radius 1 is 1.13 bits per heavy atom. The minimum atomic E-state index is -0.130. The molecule has 9 heteroatoms. The van der Waals surface area contributed by atoms with E-state index in [0.717, 1.165) is 43.1 Å². The van der Waals surface area contributed by atoms with Crippen LogP contribution in [0.1, 0.15) is 52.8 Å². The summed E-state index contributed by atoms with van der Waals surface area (Å²) in [6.07, 6.45) is 5.11. The molecule has 0 unspecified atom stereocenters. The van der Waals surface area contributed by atoms with Crippen LogP contribution >= 0.6 is 23.1 Å². The van der Waals surface area contributed by atoms with Crippen molar-refractivity contribution in [1.29, 1.82) is 0 Å². The van der Waals surface area contributed by atoms with Crippen LogP contribution in [0.25, 0.3) is 0 Å². The zero-order chi connectivity index (χ0) is 21.2. The molecule has 0 bridgehead atoms. The molecule has 31 heavy (non-hydrogen) atoms. The molecular formula is C22H23N5O2S2. The van der Waals surface area contributed by atoms with Crippen molar-refractivity contribution in [2.24, 2.45) is 0 Å². The first-order chi connectivity index (χ1) is 15.2. The van der Waals surface area contributed by atoms with Crippen LogP contribution in [0, 0.1) is 0 Å². The molecule has 5 rings (SSSR count). The Hall–Kier alpha value is -2.65. The molecule has 160 valence electrons. The second-order valence-corrected chi connectivity index (χ2v) is 9.90. The Bertz CT molecular complexity index is 1090. The number of benzene rings is 1. The molecule has 2 aliphatic rings. The first kappa shape index (κ1) is 20.3. The number of hydrogen-bond donors (Lipinski definition) is 2. The number of carbonyl (C=O) groups is 2. The summed E-state index contributed by atoms with van der Waals surface area (Å²) < 4.78 is 2.19. The summed E-state index contributed by atoms with van der Waals surface area (Å²) in [4.78, 5) is 26.0. The van der Waals surface area contributed by atoms with Crippen LogP contribution in [-0.2, 0) is 11.2 Å². The predicted molar refractivity (Wildman–Crippen MR) is 122 cm³/mol. The smallest absolute Gasteiger partial charge is 0.251 e. The van der Waals surface area contributed by atoms with Crippen molar-refractivity contribution in [3.63, 3.8) is 0 Å². The first-order valence-corrected chi connectivity index (χ1v) is 12.3. The Labute approximate surface area is 188 Å². The van der Waals surface area contributed by atoms with Crippen LogP contribution in [0.5, 0.6) is 0 Å². The highest BCUT2D eigenvalue weighted by Gasteiger charge is 2.30. The minimum Gasteiger partial charge on any atom is -0.349 e. The van der Waals surface area contributed by atoms with E-state index in [4.69, 9.17) is 0 Å². The summed E-state index contributed by atoms with van der Waals surface area (Å²) in [7, 11) is 0. The standard InChI is InChI=1S/C22H23N5O2S2/c28-20(23-16-4-1-3-14(11-16)21(29)24-15-6-7-15)13-31-22-26-25-19(27(22)17-8-9-17)12-18-5-2-10-30-18/h1-5,10-11,15,17H,6-9,12-13H2,(H,23,28)(H,24,29). The van der Waals surface area contributed by atoms with Gasteiger partial charge in [-0.05, 0) is 55.3 Å².